The van der Waals surface area contributed by atoms with Gasteiger partial charge in [0.15, 0.2) is 0 Å². The van der Waals surface area contributed by atoms with Gasteiger partial charge in [0.1, 0.15) is 0 Å². The summed E-state index contributed by atoms with van der Waals surface area (Å²) in [5, 5.41) is 11.2. The topological polar surface area (TPSA) is 69.6 Å². The van der Waals surface area contributed by atoms with Crippen LogP contribution in [-0.4, -0.2) is 37.5 Å². The second-order valence-electron chi connectivity index (χ2n) is 5.10. The van der Waals surface area contributed by atoms with Gasteiger partial charge in [-0.25, -0.2) is 0 Å². The SMILES string of the molecule is CCc1ccsc1CNS(=O)(=O)N1CCCC(CO)C1. The highest BCUT2D eigenvalue weighted by molar-refractivity contribution is 7.87. The Bertz CT molecular complexity index is 527. The molecule has 1 atom stereocenters. The predicted octanol–water partition coefficient (Wildman–Crippen LogP) is 1.35. The van der Waals surface area contributed by atoms with Crippen molar-refractivity contribution in [3.63, 3.8) is 0 Å². The number of thiophene rings is 1. The highest BCUT2D eigenvalue weighted by Crippen LogP contribution is 2.20. The van der Waals surface area contributed by atoms with E-state index in [1.807, 2.05) is 11.4 Å². The van der Waals surface area contributed by atoms with Crippen LogP contribution in [0.3, 0.4) is 0 Å². The Morgan fingerprint density at radius 2 is 2.35 bits per heavy atom. The summed E-state index contributed by atoms with van der Waals surface area (Å²) >= 11 is 1.58. The maximum Gasteiger partial charge on any atom is 0.279 e. The van der Waals surface area contributed by atoms with Crippen molar-refractivity contribution >= 4 is 21.5 Å². The minimum Gasteiger partial charge on any atom is -0.396 e. The first-order valence-corrected chi connectivity index (χ1v) is 9.29. The average Bonchev–Trinajstić information content (AvgIpc) is 2.93. The molecule has 1 unspecified atom stereocenters. The van der Waals surface area contributed by atoms with Crippen molar-refractivity contribution in [3.05, 3.63) is 21.9 Å². The summed E-state index contributed by atoms with van der Waals surface area (Å²) in [6, 6.07) is 2.04. The van der Waals surface area contributed by atoms with Crippen LogP contribution in [0.25, 0.3) is 0 Å². The van der Waals surface area contributed by atoms with Gasteiger partial charge in [-0.1, -0.05) is 6.92 Å². The fourth-order valence-electron chi connectivity index (χ4n) is 2.48. The summed E-state index contributed by atoms with van der Waals surface area (Å²) < 4.78 is 28.7. The molecule has 2 rings (SSSR count). The summed E-state index contributed by atoms with van der Waals surface area (Å²) in [6.07, 6.45) is 2.62. The second kappa shape index (κ2) is 7.00. The highest BCUT2D eigenvalue weighted by Gasteiger charge is 2.28. The molecule has 1 fully saturated rings. The third-order valence-corrected chi connectivity index (χ3v) is 6.20. The van der Waals surface area contributed by atoms with Crippen molar-refractivity contribution < 1.29 is 13.5 Å². The monoisotopic (exact) mass is 318 g/mol. The van der Waals surface area contributed by atoms with Crippen molar-refractivity contribution in [3.8, 4) is 0 Å². The third kappa shape index (κ3) is 3.79. The Morgan fingerprint density at radius 1 is 1.55 bits per heavy atom. The Labute approximate surface area is 124 Å². The van der Waals surface area contributed by atoms with Crippen molar-refractivity contribution in [2.75, 3.05) is 19.7 Å². The first kappa shape index (κ1) is 15.9. The zero-order valence-corrected chi connectivity index (χ0v) is 13.3. The van der Waals surface area contributed by atoms with Crippen molar-refractivity contribution in [1.29, 1.82) is 0 Å². The van der Waals surface area contributed by atoms with Crippen LogP contribution in [0.1, 0.15) is 30.2 Å². The Hall–Kier alpha value is -0.470. The molecule has 114 valence electrons. The molecule has 0 saturated carbocycles. The average molecular weight is 318 g/mol. The number of aliphatic hydroxyl groups is 1. The van der Waals surface area contributed by atoms with Crippen molar-refractivity contribution in [2.24, 2.45) is 5.92 Å². The molecule has 1 saturated heterocycles. The molecule has 0 radical (unpaired) electrons. The lowest BCUT2D eigenvalue weighted by Gasteiger charge is -2.30. The minimum absolute atomic E-state index is 0.0525. The molecule has 0 bridgehead atoms. The number of nitrogens with one attached hydrogen (secondary N) is 1. The molecule has 7 heteroatoms. The lowest BCUT2D eigenvalue weighted by Crippen LogP contribution is -2.46. The van der Waals surface area contributed by atoms with E-state index in [9.17, 15) is 13.5 Å². The van der Waals surface area contributed by atoms with Gasteiger partial charge in [0.2, 0.25) is 0 Å². The Kier molecular flexibility index (Phi) is 5.57. The molecule has 0 amide bonds. The normalized spacial score (nSPS) is 21.2. The minimum atomic E-state index is -3.45. The van der Waals surface area contributed by atoms with Crippen molar-refractivity contribution in [2.45, 2.75) is 32.7 Å². The molecule has 1 aliphatic heterocycles. The van der Waals surface area contributed by atoms with E-state index in [4.69, 9.17) is 0 Å². The van der Waals surface area contributed by atoms with Gasteiger partial charge < -0.3 is 5.11 Å². The van der Waals surface area contributed by atoms with Gasteiger partial charge in [-0.2, -0.15) is 17.4 Å². The molecule has 2 N–H and O–H groups in total. The van der Waals surface area contributed by atoms with Gasteiger partial charge in [0.25, 0.3) is 10.2 Å². The Morgan fingerprint density at radius 3 is 3.05 bits per heavy atom. The molecule has 2 heterocycles. The van der Waals surface area contributed by atoms with E-state index in [1.165, 1.54) is 9.87 Å². The van der Waals surface area contributed by atoms with Crippen LogP contribution >= 0.6 is 11.3 Å². The van der Waals surface area contributed by atoms with E-state index in [0.717, 1.165) is 24.1 Å². The molecule has 0 aromatic carbocycles. The highest BCUT2D eigenvalue weighted by atomic mass is 32.2. The molecular formula is C13H22N2O3S2. The maximum atomic E-state index is 12.3. The summed E-state index contributed by atoms with van der Waals surface area (Å²) in [5.74, 6) is 0.0632. The lowest BCUT2D eigenvalue weighted by molar-refractivity contribution is 0.164. The largest absolute Gasteiger partial charge is 0.396 e. The Balaban J connectivity index is 1.97. The lowest BCUT2D eigenvalue weighted by atomic mass is 10.0. The third-order valence-electron chi connectivity index (χ3n) is 3.71. The van der Waals surface area contributed by atoms with Crippen LogP contribution in [0.2, 0.25) is 0 Å². The number of piperidine rings is 1. The number of aryl methyl sites for hydroxylation is 1. The van der Waals surface area contributed by atoms with E-state index in [0.29, 0.717) is 19.6 Å². The van der Waals surface area contributed by atoms with Crippen LogP contribution in [-0.2, 0) is 23.2 Å². The molecule has 1 aromatic heterocycles. The molecule has 1 aromatic rings. The zero-order valence-electron chi connectivity index (χ0n) is 11.7. The molecule has 1 aliphatic rings. The number of hydrogen-bond donors (Lipinski definition) is 2. The van der Waals surface area contributed by atoms with Crippen molar-refractivity contribution in [1.82, 2.24) is 9.03 Å². The van der Waals surface area contributed by atoms with Gasteiger partial charge in [-0.3, -0.25) is 0 Å². The van der Waals surface area contributed by atoms with Gasteiger partial charge in [-0.05, 0) is 42.2 Å². The van der Waals surface area contributed by atoms with Crippen LogP contribution in [0.5, 0.6) is 0 Å². The summed E-state index contributed by atoms with van der Waals surface area (Å²) in [5.41, 5.74) is 1.20. The molecule has 20 heavy (non-hydrogen) atoms. The fourth-order valence-corrected chi connectivity index (χ4v) is 4.77. The molecule has 5 nitrogen and oxygen atoms in total. The first-order chi connectivity index (χ1) is 9.56. The van der Waals surface area contributed by atoms with Crippen LogP contribution in [0, 0.1) is 5.92 Å². The van der Waals surface area contributed by atoms with Crippen LogP contribution in [0.15, 0.2) is 11.4 Å². The van der Waals surface area contributed by atoms with E-state index >= 15 is 0 Å². The standard InChI is InChI=1S/C13H22N2O3S2/c1-2-12-5-7-19-13(12)8-14-20(17,18)15-6-3-4-11(9-15)10-16/h5,7,11,14,16H,2-4,6,8-10H2,1H3. The number of rotatable bonds is 6. The molecule has 0 spiro atoms. The number of hydrogen-bond acceptors (Lipinski definition) is 4. The van der Waals surface area contributed by atoms with E-state index in [-0.39, 0.29) is 12.5 Å². The van der Waals surface area contributed by atoms with Gasteiger partial charge in [0.05, 0.1) is 0 Å². The molecule has 0 aliphatic carbocycles. The summed E-state index contributed by atoms with van der Waals surface area (Å²) in [6.45, 7) is 3.42. The number of nitrogens with zero attached hydrogens (tertiary/aromatic N) is 1. The zero-order chi connectivity index (χ0) is 14.6. The van der Waals surface area contributed by atoms with Gasteiger partial charge in [0, 0.05) is 31.1 Å². The first-order valence-electron chi connectivity index (χ1n) is 6.97. The number of aliphatic hydroxyl groups excluding tert-OH is 1. The van der Waals surface area contributed by atoms with Crippen LogP contribution < -0.4 is 4.72 Å². The fraction of sp³-hybridized carbons (Fsp3) is 0.692. The van der Waals surface area contributed by atoms with Gasteiger partial charge >= 0.3 is 0 Å². The molecular weight excluding hydrogens is 296 g/mol. The van der Waals surface area contributed by atoms with E-state index < -0.39 is 10.2 Å². The maximum absolute atomic E-state index is 12.3. The predicted molar refractivity (Wildman–Crippen MR) is 80.8 cm³/mol. The van der Waals surface area contributed by atoms with Crippen LogP contribution in [0.4, 0.5) is 0 Å². The van der Waals surface area contributed by atoms with E-state index in [1.54, 1.807) is 11.3 Å². The second-order valence-corrected chi connectivity index (χ2v) is 7.85. The smallest absolute Gasteiger partial charge is 0.279 e. The van der Waals surface area contributed by atoms with E-state index in [2.05, 4.69) is 11.6 Å². The summed E-state index contributed by atoms with van der Waals surface area (Å²) in [7, 11) is -3.45. The quantitative estimate of drug-likeness (QED) is 0.832. The summed E-state index contributed by atoms with van der Waals surface area (Å²) in [4.78, 5) is 1.08. The van der Waals surface area contributed by atoms with Gasteiger partial charge in [-0.15, -0.1) is 11.3 Å².